The van der Waals surface area contributed by atoms with E-state index >= 15 is 0 Å². The van der Waals surface area contributed by atoms with Crippen LogP contribution in [0.15, 0.2) is 6.20 Å². The maximum Gasteiger partial charge on any atom is 0.224 e. The molecule has 0 amide bonds. The molecule has 0 radical (unpaired) electrons. The molecule has 60 valence electrons. The third-order valence-electron chi connectivity index (χ3n) is 1.29. The highest BCUT2D eigenvalue weighted by Crippen LogP contribution is 2.11. The van der Waals surface area contributed by atoms with Crippen LogP contribution in [0.1, 0.15) is 5.56 Å². The Morgan fingerprint density at radius 2 is 2.45 bits per heavy atom. The van der Waals surface area contributed by atoms with Crippen LogP contribution in [0.2, 0.25) is 5.28 Å². The van der Waals surface area contributed by atoms with Gasteiger partial charge in [-0.25, -0.2) is 9.97 Å². The molecule has 1 rings (SSSR count). The molecule has 0 saturated heterocycles. The van der Waals surface area contributed by atoms with Gasteiger partial charge >= 0.3 is 0 Å². The van der Waals surface area contributed by atoms with Crippen molar-refractivity contribution in [3.63, 3.8) is 0 Å². The summed E-state index contributed by atoms with van der Waals surface area (Å²) in [4.78, 5) is 7.72. The highest BCUT2D eigenvalue weighted by Gasteiger charge is 2.01. The van der Waals surface area contributed by atoms with Gasteiger partial charge < -0.3 is 11.1 Å². The highest BCUT2D eigenvalue weighted by molar-refractivity contribution is 6.28. The van der Waals surface area contributed by atoms with Crippen molar-refractivity contribution in [2.75, 3.05) is 12.4 Å². The van der Waals surface area contributed by atoms with Crippen LogP contribution in [0, 0.1) is 0 Å². The van der Waals surface area contributed by atoms with Crippen molar-refractivity contribution in [1.82, 2.24) is 9.97 Å². The predicted octanol–water partition coefficient (Wildman–Crippen LogP) is 0.630. The Labute approximate surface area is 69.8 Å². The van der Waals surface area contributed by atoms with Crippen LogP contribution in [0.3, 0.4) is 0 Å². The number of hydrogen-bond acceptors (Lipinski definition) is 4. The van der Waals surface area contributed by atoms with E-state index in [2.05, 4.69) is 15.3 Å². The van der Waals surface area contributed by atoms with Gasteiger partial charge in [0, 0.05) is 25.4 Å². The first-order valence-electron chi connectivity index (χ1n) is 3.17. The Morgan fingerprint density at radius 1 is 1.73 bits per heavy atom. The SMILES string of the molecule is CNc1nc(Cl)ncc1CN. The molecule has 0 spiro atoms. The second-order valence-electron chi connectivity index (χ2n) is 1.97. The zero-order valence-electron chi connectivity index (χ0n) is 6.13. The average Bonchev–Trinajstić information content (AvgIpc) is 2.04. The molecule has 0 aliphatic carbocycles. The molecule has 0 aliphatic rings. The van der Waals surface area contributed by atoms with Gasteiger partial charge in [0.15, 0.2) is 0 Å². The highest BCUT2D eigenvalue weighted by atomic mass is 35.5. The Morgan fingerprint density at radius 3 is 3.00 bits per heavy atom. The third kappa shape index (κ3) is 1.78. The zero-order valence-corrected chi connectivity index (χ0v) is 6.89. The summed E-state index contributed by atoms with van der Waals surface area (Å²) in [6.07, 6.45) is 1.61. The van der Waals surface area contributed by atoms with Crippen LogP contribution in [0.4, 0.5) is 5.82 Å². The van der Waals surface area contributed by atoms with E-state index in [1.54, 1.807) is 13.2 Å². The van der Waals surface area contributed by atoms with Crippen molar-refractivity contribution >= 4 is 17.4 Å². The van der Waals surface area contributed by atoms with Gasteiger partial charge in [0.25, 0.3) is 0 Å². The fraction of sp³-hybridized carbons (Fsp3) is 0.333. The quantitative estimate of drug-likeness (QED) is 0.643. The van der Waals surface area contributed by atoms with Crippen molar-refractivity contribution in [1.29, 1.82) is 0 Å². The van der Waals surface area contributed by atoms with Gasteiger partial charge in [0.2, 0.25) is 5.28 Å². The Bertz CT molecular complexity index is 250. The first-order valence-corrected chi connectivity index (χ1v) is 3.55. The minimum Gasteiger partial charge on any atom is -0.373 e. The lowest BCUT2D eigenvalue weighted by Gasteiger charge is -2.03. The van der Waals surface area contributed by atoms with Crippen molar-refractivity contribution in [2.24, 2.45) is 5.73 Å². The van der Waals surface area contributed by atoms with E-state index in [1.165, 1.54) is 0 Å². The molecule has 0 atom stereocenters. The van der Waals surface area contributed by atoms with Gasteiger partial charge in [-0.2, -0.15) is 0 Å². The number of aromatic nitrogens is 2. The molecular weight excluding hydrogens is 164 g/mol. The minimum atomic E-state index is 0.228. The second-order valence-corrected chi connectivity index (χ2v) is 2.31. The topological polar surface area (TPSA) is 63.8 Å². The molecule has 0 fully saturated rings. The summed E-state index contributed by atoms with van der Waals surface area (Å²) in [5, 5.41) is 3.10. The van der Waals surface area contributed by atoms with Crippen LogP contribution >= 0.6 is 11.6 Å². The molecule has 0 aromatic carbocycles. The van der Waals surface area contributed by atoms with Gasteiger partial charge in [0.05, 0.1) is 0 Å². The van der Waals surface area contributed by atoms with Crippen molar-refractivity contribution in [3.05, 3.63) is 17.0 Å². The molecule has 0 unspecified atom stereocenters. The molecule has 3 N–H and O–H groups in total. The Balaban J connectivity index is 3.06. The third-order valence-corrected chi connectivity index (χ3v) is 1.47. The summed E-state index contributed by atoms with van der Waals surface area (Å²) in [6, 6.07) is 0. The summed E-state index contributed by atoms with van der Waals surface area (Å²) in [7, 11) is 1.76. The average molecular weight is 173 g/mol. The number of nitrogens with two attached hydrogens (primary N) is 1. The van der Waals surface area contributed by atoms with E-state index in [9.17, 15) is 0 Å². The Hall–Kier alpha value is -0.870. The lowest BCUT2D eigenvalue weighted by molar-refractivity contribution is 1.01. The summed E-state index contributed by atoms with van der Waals surface area (Å²) < 4.78 is 0. The second kappa shape index (κ2) is 3.50. The van der Waals surface area contributed by atoms with E-state index in [1.807, 2.05) is 0 Å². The maximum atomic E-state index is 5.55. The molecule has 11 heavy (non-hydrogen) atoms. The number of anilines is 1. The summed E-state index contributed by atoms with van der Waals surface area (Å²) in [5.74, 6) is 0.688. The zero-order chi connectivity index (χ0) is 8.27. The van der Waals surface area contributed by atoms with E-state index in [-0.39, 0.29) is 5.28 Å². The van der Waals surface area contributed by atoms with Crippen LogP contribution in [-0.4, -0.2) is 17.0 Å². The van der Waals surface area contributed by atoms with Gasteiger partial charge in [-0.3, -0.25) is 0 Å². The normalized spacial score (nSPS) is 9.73. The fourth-order valence-corrected chi connectivity index (χ4v) is 0.884. The molecule has 4 nitrogen and oxygen atoms in total. The number of nitrogens with one attached hydrogen (secondary N) is 1. The van der Waals surface area contributed by atoms with Crippen LogP contribution < -0.4 is 11.1 Å². The first kappa shape index (κ1) is 8.23. The number of nitrogens with zero attached hydrogens (tertiary/aromatic N) is 2. The molecule has 1 heterocycles. The largest absolute Gasteiger partial charge is 0.373 e. The van der Waals surface area contributed by atoms with E-state index in [4.69, 9.17) is 17.3 Å². The summed E-state index contributed by atoms with van der Waals surface area (Å²) in [6.45, 7) is 0.410. The standard InChI is InChI=1S/C6H9ClN4/c1-9-5-4(2-8)3-10-6(7)11-5/h3H,2,8H2,1H3,(H,9,10,11). The molecule has 0 saturated carbocycles. The van der Waals surface area contributed by atoms with Crippen molar-refractivity contribution in [2.45, 2.75) is 6.54 Å². The molecule has 0 bridgehead atoms. The van der Waals surface area contributed by atoms with E-state index in [0.29, 0.717) is 12.4 Å². The first-order chi connectivity index (χ1) is 5.27. The van der Waals surface area contributed by atoms with Crippen molar-refractivity contribution in [3.8, 4) is 0 Å². The molecule has 5 heteroatoms. The molecule has 1 aromatic rings. The molecule has 1 aromatic heterocycles. The summed E-state index contributed by atoms with van der Waals surface area (Å²) in [5.41, 5.74) is 6.27. The van der Waals surface area contributed by atoms with Gasteiger partial charge in [0.1, 0.15) is 5.82 Å². The van der Waals surface area contributed by atoms with Gasteiger partial charge in [-0.15, -0.1) is 0 Å². The van der Waals surface area contributed by atoms with E-state index < -0.39 is 0 Å². The van der Waals surface area contributed by atoms with Crippen LogP contribution in [0.25, 0.3) is 0 Å². The maximum absolute atomic E-state index is 5.55. The molecular formula is C6H9ClN4. The van der Waals surface area contributed by atoms with Gasteiger partial charge in [-0.05, 0) is 11.6 Å². The smallest absolute Gasteiger partial charge is 0.224 e. The number of hydrogen-bond donors (Lipinski definition) is 2. The number of rotatable bonds is 2. The van der Waals surface area contributed by atoms with Crippen LogP contribution in [0.5, 0.6) is 0 Å². The fourth-order valence-electron chi connectivity index (χ4n) is 0.751. The lowest BCUT2D eigenvalue weighted by atomic mass is 10.3. The van der Waals surface area contributed by atoms with Gasteiger partial charge in [-0.1, -0.05) is 0 Å². The monoisotopic (exact) mass is 172 g/mol. The lowest BCUT2D eigenvalue weighted by Crippen LogP contribution is -2.04. The summed E-state index contributed by atoms with van der Waals surface area (Å²) >= 11 is 5.55. The van der Waals surface area contributed by atoms with Crippen LogP contribution in [-0.2, 0) is 6.54 Å². The van der Waals surface area contributed by atoms with E-state index in [0.717, 1.165) is 5.56 Å². The predicted molar refractivity (Wildman–Crippen MR) is 44.5 cm³/mol. The minimum absolute atomic E-state index is 0.228. The van der Waals surface area contributed by atoms with Crippen molar-refractivity contribution < 1.29 is 0 Å². The Kier molecular flexibility index (Phi) is 2.62. The number of halogens is 1. The molecule has 0 aliphatic heterocycles.